The summed E-state index contributed by atoms with van der Waals surface area (Å²) in [6.45, 7) is 7.09. The topological polar surface area (TPSA) is 101 Å². The van der Waals surface area contributed by atoms with E-state index < -0.39 is 12.0 Å². The molecule has 266 valence electrons. The highest BCUT2D eigenvalue weighted by Crippen LogP contribution is 2.47. The van der Waals surface area contributed by atoms with E-state index in [1.807, 2.05) is 18.2 Å². The fraction of sp³-hybridized carbons (Fsp3) is 0.711. The molecule has 1 amide bonds. The highest BCUT2D eigenvalue weighted by atomic mass is 35.5. The molecule has 49 heavy (non-hydrogen) atoms. The standard InChI is InChI=1S/C38H53ClN6O4/c1-3-33(46)44-22-21-43(24-29(44)16-19-40)36-31-15-18-38(17-14-26-12-13-27(39)23-32(26)49-38)35(47)34(31)45(28-9-6-4-5-7-10-28)37(41-36)48-25-30-11-8-20-42(30)2/h3,12-13,23,28-31,34,36-37,41H,1,4-11,14-18,20-22,24-25H2,2H3/t29?,30?,31?,34?,36?,37?,38-/m0/s1. The second-order valence-corrected chi connectivity index (χ2v) is 15.7. The van der Waals surface area contributed by atoms with Gasteiger partial charge in [-0.1, -0.05) is 49.9 Å². The number of halogens is 1. The van der Waals surface area contributed by atoms with Crippen molar-refractivity contribution in [3.63, 3.8) is 0 Å². The van der Waals surface area contributed by atoms with Crippen molar-refractivity contribution in [2.75, 3.05) is 39.8 Å². The van der Waals surface area contributed by atoms with Gasteiger partial charge < -0.3 is 19.3 Å². The molecular formula is C38H53ClN6O4. The van der Waals surface area contributed by atoms with Crippen LogP contribution in [0.4, 0.5) is 0 Å². The number of fused-ring (bicyclic) bond motifs is 2. The van der Waals surface area contributed by atoms with E-state index in [0.717, 1.165) is 62.8 Å². The predicted molar refractivity (Wildman–Crippen MR) is 188 cm³/mol. The minimum Gasteiger partial charge on any atom is -0.479 e. The van der Waals surface area contributed by atoms with Gasteiger partial charge in [-0.25, -0.2) is 0 Å². The lowest BCUT2D eigenvalue weighted by Crippen LogP contribution is -2.77. The summed E-state index contributed by atoms with van der Waals surface area (Å²) in [5.41, 5.74) is 0.198. The number of piperazine rings is 1. The van der Waals surface area contributed by atoms with Gasteiger partial charge in [0.1, 0.15) is 5.75 Å². The molecule has 1 spiro atoms. The summed E-state index contributed by atoms with van der Waals surface area (Å²) in [5, 5.41) is 14.3. The molecule has 11 heteroatoms. The fourth-order valence-electron chi connectivity index (χ4n) is 9.81. The largest absolute Gasteiger partial charge is 0.479 e. The molecule has 1 aromatic rings. The molecule has 2 saturated carbocycles. The SMILES string of the molecule is C=CC(=O)N1CCN(C2NC(OCC3CCCN3C)N(C3CCCCCC3)C3C(=O)[C@]4(CCc5ccc(Cl)cc5O4)CCC23)CC1CC#N. The number of Topliss-reactive ketones (excluding diaryl/α,β-unsaturated/α-hetero) is 1. The van der Waals surface area contributed by atoms with Gasteiger partial charge in [-0.2, -0.15) is 5.26 Å². The highest BCUT2D eigenvalue weighted by molar-refractivity contribution is 6.30. The molecule has 4 aliphatic heterocycles. The van der Waals surface area contributed by atoms with Crippen LogP contribution in [0.3, 0.4) is 0 Å². The Hall–Kier alpha value is -2.52. The van der Waals surface area contributed by atoms with Crippen LogP contribution < -0.4 is 10.1 Å². The molecule has 5 fully saturated rings. The van der Waals surface area contributed by atoms with Crippen LogP contribution in [0.25, 0.3) is 0 Å². The summed E-state index contributed by atoms with van der Waals surface area (Å²) in [5.74, 6) is 0.770. The van der Waals surface area contributed by atoms with Gasteiger partial charge in [-0.05, 0) is 88.7 Å². The first-order chi connectivity index (χ1) is 23.8. The number of amides is 1. The van der Waals surface area contributed by atoms with E-state index in [9.17, 15) is 10.1 Å². The van der Waals surface area contributed by atoms with E-state index in [4.69, 9.17) is 21.1 Å². The van der Waals surface area contributed by atoms with Crippen molar-refractivity contribution < 1.29 is 19.1 Å². The van der Waals surface area contributed by atoms with Gasteiger partial charge in [0.25, 0.3) is 0 Å². The normalized spacial score (nSPS) is 34.9. The lowest BCUT2D eigenvalue weighted by Gasteiger charge is -2.59. The third kappa shape index (κ3) is 6.92. The Labute approximate surface area is 296 Å². The molecule has 10 nitrogen and oxygen atoms in total. The zero-order valence-corrected chi connectivity index (χ0v) is 29.8. The van der Waals surface area contributed by atoms with Crippen LogP contribution in [0, 0.1) is 17.2 Å². The summed E-state index contributed by atoms with van der Waals surface area (Å²) >= 11 is 6.43. The van der Waals surface area contributed by atoms with Gasteiger partial charge in [0.15, 0.2) is 17.7 Å². The van der Waals surface area contributed by atoms with Crippen molar-refractivity contribution >= 4 is 23.3 Å². The number of ketones is 1. The van der Waals surface area contributed by atoms with Gasteiger partial charge in [0.2, 0.25) is 5.91 Å². The maximum absolute atomic E-state index is 15.4. The molecule has 7 rings (SSSR count). The van der Waals surface area contributed by atoms with E-state index in [1.54, 1.807) is 4.90 Å². The maximum Gasteiger partial charge on any atom is 0.246 e. The van der Waals surface area contributed by atoms with Crippen LogP contribution in [0.2, 0.25) is 5.02 Å². The number of hydrogen-bond acceptors (Lipinski definition) is 9. The van der Waals surface area contributed by atoms with Gasteiger partial charge in [0.05, 0.1) is 37.3 Å². The zero-order valence-electron chi connectivity index (χ0n) is 29.0. The number of rotatable bonds is 7. The third-order valence-electron chi connectivity index (χ3n) is 12.5. The first kappa shape index (κ1) is 34.9. The summed E-state index contributed by atoms with van der Waals surface area (Å²) in [6, 6.07) is 8.06. The average Bonchev–Trinajstić information content (AvgIpc) is 3.33. The Morgan fingerprint density at radius 2 is 1.94 bits per heavy atom. The van der Waals surface area contributed by atoms with E-state index >= 15 is 4.79 Å². The van der Waals surface area contributed by atoms with Crippen LogP contribution in [0.5, 0.6) is 5.75 Å². The Kier molecular flexibility index (Phi) is 10.7. The molecular weight excluding hydrogens is 640 g/mol. The Bertz CT molecular complexity index is 1430. The minimum absolute atomic E-state index is 0.00383. The van der Waals surface area contributed by atoms with Crippen LogP contribution in [0.15, 0.2) is 30.9 Å². The predicted octanol–water partition coefficient (Wildman–Crippen LogP) is 4.71. The van der Waals surface area contributed by atoms with Crippen LogP contribution in [-0.2, 0) is 20.7 Å². The summed E-state index contributed by atoms with van der Waals surface area (Å²) in [7, 11) is 2.18. The third-order valence-corrected chi connectivity index (χ3v) is 12.7. The van der Waals surface area contributed by atoms with Crippen molar-refractivity contribution in [2.24, 2.45) is 5.92 Å². The van der Waals surface area contributed by atoms with E-state index in [-0.39, 0.29) is 48.3 Å². The van der Waals surface area contributed by atoms with E-state index in [1.165, 1.54) is 25.3 Å². The number of likely N-dealkylation sites (tertiary alicyclic amines) is 1. The fourth-order valence-corrected chi connectivity index (χ4v) is 9.97. The second kappa shape index (κ2) is 15.0. The molecule has 2 aliphatic carbocycles. The van der Waals surface area contributed by atoms with E-state index in [2.05, 4.69) is 39.7 Å². The minimum atomic E-state index is -0.904. The number of nitriles is 1. The number of nitrogens with one attached hydrogen (secondary N) is 1. The Balaban J connectivity index is 1.24. The zero-order chi connectivity index (χ0) is 34.1. The molecule has 1 aromatic carbocycles. The smallest absolute Gasteiger partial charge is 0.246 e. The van der Waals surface area contributed by atoms with Crippen molar-refractivity contribution in [1.82, 2.24) is 24.9 Å². The maximum atomic E-state index is 15.4. The molecule has 1 N–H and O–H groups in total. The van der Waals surface area contributed by atoms with Crippen LogP contribution in [0.1, 0.15) is 82.6 Å². The first-order valence-electron chi connectivity index (χ1n) is 18.7. The number of likely N-dealkylation sites (N-methyl/N-ethyl adjacent to an activating group) is 1. The second-order valence-electron chi connectivity index (χ2n) is 15.3. The lowest BCUT2D eigenvalue weighted by molar-refractivity contribution is -0.209. The first-order valence-corrected chi connectivity index (χ1v) is 19.1. The summed E-state index contributed by atoms with van der Waals surface area (Å²) in [4.78, 5) is 37.2. The summed E-state index contributed by atoms with van der Waals surface area (Å²) < 4.78 is 13.8. The number of benzene rings is 1. The number of hydrogen-bond donors (Lipinski definition) is 1. The number of ether oxygens (including phenoxy) is 2. The number of aryl methyl sites for hydroxylation is 1. The number of carbonyl (C=O) groups excluding carboxylic acids is 2. The van der Waals surface area contributed by atoms with Crippen molar-refractivity contribution in [3.8, 4) is 11.8 Å². The van der Waals surface area contributed by atoms with Gasteiger partial charge in [-0.15, -0.1) is 0 Å². The molecule has 4 heterocycles. The quantitative estimate of drug-likeness (QED) is 0.322. The average molecular weight is 693 g/mol. The molecule has 6 unspecified atom stereocenters. The van der Waals surface area contributed by atoms with Gasteiger partial charge in [-0.3, -0.25) is 24.7 Å². The lowest BCUT2D eigenvalue weighted by atomic mass is 9.68. The monoisotopic (exact) mass is 692 g/mol. The molecule has 7 atom stereocenters. The molecule has 3 saturated heterocycles. The van der Waals surface area contributed by atoms with Crippen molar-refractivity contribution in [1.29, 1.82) is 5.26 Å². The van der Waals surface area contributed by atoms with Crippen molar-refractivity contribution in [3.05, 3.63) is 41.4 Å². The van der Waals surface area contributed by atoms with Gasteiger partial charge >= 0.3 is 0 Å². The van der Waals surface area contributed by atoms with E-state index in [0.29, 0.717) is 50.1 Å². The number of nitrogens with zero attached hydrogens (tertiary/aromatic N) is 5. The molecule has 0 aromatic heterocycles. The highest BCUT2D eigenvalue weighted by Gasteiger charge is 2.60. The van der Waals surface area contributed by atoms with Crippen molar-refractivity contribution in [2.45, 2.75) is 126 Å². The molecule has 0 bridgehead atoms. The van der Waals surface area contributed by atoms with Gasteiger partial charge in [0, 0.05) is 42.7 Å². The van der Waals surface area contributed by atoms with Crippen LogP contribution in [-0.4, -0.2) is 113 Å². The Morgan fingerprint density at radius 1 is 1.12 bits per heavy atom. The summed E-state index contributed by atoms with van der Waals surface area (Å²) in [6.07, 6.45) is 13.0. The molecule has 0 radical (unpaired) electrons. The van der Waals surface area contributed by atoms with Crippen LogP contribution >= 0.6 is 11.6 Å². The molecule has 6 aliphatic rings. The Morgan fingerprint density at radius 3 is 2.67 bits per heavy atom. The number of carbonyl (C=O) groups is 2.